The Morgan fingerprint density at radius 1 is 1.15 bits per heavy atom. The molecule has 1 heterocycles. The highest BCUT2D eigenvalue weighted by atomic mass is 32.2. The summed E-state index contributed by atoms with van der Waals surface area (Å²) in [5.74, 6) is -1.70. The average molecular weight is 375 g/mol. The van der Waals surface area contributed by atoms with Gasteiger partial charge in [0.15, 0.2) is 0 Å². The van der Waals surface area contributed by atoms with Gasteiger partial charge in [-0.2, -0.15) is 4.31 Å². The number of sulfonamides is 1. The second-order valence-electron chi connectivity index (χ2n) is 6.17. The van der Waals surface area contributed by atoms with Crippen molar-refractivity contribution in [3.8, 4) is 0 Å². The number of carboxylic acids is 1. The third-order valence-electron chi connectivity index (χ3n) is 4.43. The highest BCUT2D eigenvalue weighted by molar-refractivity contribution is 7.89. The quantitative estimate of drug-likeness (QED) is 0.890. The Labute approximate surface area is 151 Å². The maximum atomic E-state index is 14.3. The van der Waals surface area contributed by atoms with Crippen molar-refractivity contribution >= 4 is 16.0 Å². The van der Waals surface area contributed by atoms with E-state index in [1.54, 1.807) is 18.2 Å². The molecule has 2 aromatic rings. The molecule has 0 aliphatic carbocycles. The molecule has 5 nitrogen and oxygen atoms in total. The van der Waals surface area contributed by atoms with E-state index < -0.39 is 27.9 Å². The molecule has 3 rings (SSSR count). The maximum absolute atomic E-state index is 14.3. The topological polar surface area (TPSA) is 74.7 Å². The molecule has 1 aliphatic rings. The number of aryl methyl sites for hydroxylation is 1. The second-order valence-corrected chi connectivity index (χ2v) is 8.06. The smallest absolute Gasteiger partial charge is 0.332 e. The summed E-state index contributed by atoms with van der Waals surface area (Å²) >= 11 is 0. The van der Waals surface area contributed by atoms with Gasteiger partial charge in [0, 0.05) is 17.7 Å². The zero-order valence-corrected chi connectivity index (χ0v) is 14.9. The van der Waals surface area contributed by atoms with Crippen LogP contribution in [0.4, 0.5) is 4.39 Å². The Kier molecular flexibility index (Phi) is 4.93. The van der Waals surface area contributed by atoms with Gasteiger partial charge in [-0.3, -0.25) is 0 Å². The SMILES string of the molecule is Cc1ccc(S(=O)(=O)N2CC(C(=O)O)=CCC2c2ccccc2F)cc1. The zero-order valence-electron chi connectivity index (χ0n) is 14.1. The fourth-order valence-corrected chi connectivity index (χ4v) is 4.59. The molecular formula is C19H18FNO4S. The fraction of sp³-hybridized carbons (Fsp3) is 0.211. The first-order valence-electron chi connectivity index (χ1n) is 8.06. The van der Waals surface area contributed by atoms with Gasteiger partial charge in [-0.05, 0) is 31.5 Å². The number of nitrogens with zero attached hydrogens (tertiary/aromatic N) is 1. The molecule has 0 spiro atoms. The molecule has 7 heteroatoms. The summed E-state index contributed by atoms with van der Waals surface area (Å²) < 4.78 is 41.6. The third-order valence-corrected chi connectivity index (χ3v) is 6.30. The van der Waals surface area contributed by atoms with Crippen LogP contribution >= 0.6 is 0 Å². The molecule has 0 radical (unpaired) electrons. The van der Waals surface area contributed by atoms with E-state index in [1.165, 1.54) is 36.4 Å². The number of hydrogen-bond donors (Lipinski definition) is 1. The van der Waals surface area contributed by atoms with Crippen LogP contribution in [0, 0.1) is 12.7 Å². The van der Waals surface area contributed by atoms with Crippen LogP contribution in [0.15, 0.2) is 65.1 Å². The van der Waals surface area contributed by atoms with E-state index in [0.717, 1.165) is 9.87 Å². The molecule has 0 amide bonds. The van der Waals surface area contributed by atoms with Crippen molar-refractivity contribution in [2.75, 3.05) is 6.54 Å². The zero-order chi connectivity index (χ0) is 18.9. The Hall–Kier alpha value is -2.51. The molecule has 1 N–H and O–H groups in total. The van der Waals surface area contributed by atoms with E-state index in [9.17, 15) is 22.7 Å². The average Bonchev–Trinajstić information content (AvgIpc) is 2.62. The van der Waals surface area contributed by atoms with Crippen LogP contribution in [0.3, 0.4) is 0 Å². The minimum absolute atomic E-state index is 0.0201. The van der Waals surface area contributed by atoms with Gasteiger partial charge in [0.05, 0.1) is 10.9 Å². The van der Waals surface area contributed by atoms with Crippen molar-refractivity contribution in [3.63, 3.8) is 0 Å². The molecule has 0 bridgehead atoms. The number of rotatable bonds is 4. The number of carboxylic acid groups (broad SMARTS) is 1. The largest absolute Gasteiger partial charge is 0.478 e. The Morgan fingerprint density at radius 2 is 1.81 bits per heavy atom. The Balaban J connectivity index is 2.10. The van der Waals surface area contributed by atoms with Crippen LogP contribution < -0.4 is 0 Å². The van der Waals surface area contributed by atoms with Crippen LogP contribution in [-0.4, -0.2) is 30.3 Å². The molecule has 1 aliphatic heterocycles. The highest BCUT2D eigenvalue weighted by Gasteiger charge is 2.37. The molecule has 0 saturated carbocycles. The Bertz CT molecular complexity index is 967. The van der Waals surface area contributed by atoms with E-state index in [4.69, 9.17) is 0 Å². The van der Waals surface area contributed by atoms with Gasteiger partial charge >= 0.3 is 5.97 Å². The van der Waals surface area contributed by atoms with Gasteiger partial charge in [0.2, 0.25) is 10.0 Å². The van der Waals surface area contributed by atoms with Crippen molar-refractivity contribution in [1.82, 2.24) is 4.31 Å². The van der Waals surface area contributed by atoms with E-state index >= 15 is 0 Å². The summed E-state index contributed by atoms with van der Waals surface area (Å²) in [6, 6.07) is 11.4. The van der Waals surface area contributed by atoms with Crippen molar-refractivity contribution in [3.05, 3.63) is 77.1 Å². The minimum atomic E-state index is -4.00. The van der Waals surface area contributed by atoms with E-state index in [2.05, 4.69) is 0 Å². The normalized spacial score (nSPS) is 18.4. The molecule has 0 aromatic heterocycles. The Morgan fingerprint density at radius 3 is 2.42 bits per heavy atom. The summed E-state index contributed by atoms with van der Waals surface area (Å²) in [5.41, 5.74) is 1.11. The summed E-state index contributed by atoms with van der Waals surface area (Å²) in [6.45, 7) is 1.52. The van der Waals surface area contributed by atoms with Gasteiger partial charge < -0.3 is 5.11 Å². The lowest BCUT2D eigenvalue weighted by atomic mass is 9.98. The van der Waals surface area contributed by atoms with Gasteiger partial charge in [-0.25, -0.2) is 17.6 Å². The van der Waals surface area contributed by atoms with Gasteiger partial charge in [-0.1, -0.05) is 42.0 Å². The highest BCUT2D eigenvalue weighted by Crippen LogP contribution is 2.36. The van der Waals surface area contributed by atoms with Gasteiger partial charge in [0.1, 0.15) is 5.82 Å². The van der Waals surface area contributed by atoms with Crippen LogP contribution in [-0.2, 0) is 14.8 Å². The number of aliphatic carboxylic acids is 1. The van der Waals surface area contributed by atoms with E-state index in [0.29, 0.717) is 0 Å². The standard InChI is InChI=1S/C19H18FNO4S/c1-13-6-9-15(10-7-13)26(24,25)21-12-14(19(22)23)8-11-18(21)16-4-2-3-5-17(16)20/h2-10,18H,11-12H2,1H3,(H,22,23). The molecule has 0 fully saturated rings. The predicted octanol–water partition coefficient (Wildman–Crippen LogP) is 3.28. The molecule has 1 atom stereocenters. The lowest BCUT2D eigenvalue weighted by Gasteiger charge is -2.34. The number of benzene rings is 2. The second kappa shape index (κ2) is 7.01. The summed E-state index contributed by atoms with van der Waals surface area (Å²) in [5, 5.41) is 9.28. The molecule has 136 valence electrons. The predicted molar refractivity (Wildman–Crippen MR) is 94.5 cm³/mol. The molecular weight excluding hydrogens is 357 g/mol. The minimum Gasteiger partial charge on any atom is -0.478 e. The summed E-state index contributed by atoms with van der Waals surface area (Å²) in [4.78, 5) is 11.4. The van der Waals surface area contributed by atoms with Crippen molar-refractivity contribution in [2.24, 2.45) is 0 Å². The van der Waals surface area contributed by atoms with Crippen LogP contribution in [0.2, 0.25) is 0 Å². The maximum Gasteiger partial charge on any atom is 0.332 e. The first-order chi connectivity index (χ1) is 12.3. The van der Waals surface area contributed by atoms with Crippen LogP contribution in [0.25, 0.3) is 0 Å². The molecule has 26 heavy (non-hydrogen) atoms. The number of hydrogen-bond acceptors (Lipinski definition) is 3. The fourth-order valence-electron chi connectivity index (χ4n) is 2.99. The van der Waals surface area contributed by atoms with Gasteiger partial charge in [0.25, 0.3) is 0 Å². The summed E-state index contributed by atoms with van der Waals surface area (Å²) in [7, 11) is -4.00. The van der Waals surface area contributed by atoms with Crippen LogP contribution in [0.5, 0.6) is 0 Å². The molecule has 1 unspecified atom stereocenters. The first kappa shape index (κ1) is 18.3. The summed E-state index contributed by atoms with van der Waals surface area (Å²) in [6.07, 6.45) is 1.55. The van der Waals surface area contributed by atoms with Crippen molar-refractivity contribution in [1.29, 1.82) is 0 Å². The van der Waals surface area contributed by atoms with Gasteiger partial charge in [-0.15, -0.1) is 0 Å². The lowest BCUT2D eigenvalue weighted by Crippen LogP contribution is -2.40. The van der Waals surface area contributed by atoms with E-state index in [-0.39, 0.29) is 29.0 Å². The monoisotopic (exact) mass is 375 g/mol. The van der Waals surface area contributed by atoms with Crippen molar-refractivity contribution in [2.45, 2.75) is 24.3 Å². The van der Waals surface area contributed by atoms with E-state index in [1.807, 2.05) is 6.92 Å². The number of halogens is 1. The first-order valence-corrected chi connectivity index (χ1v) is 9.50. The van der Waals surface area contributed by atoms with Crippen molar-refractivity contribution < 1.29 is 22.7 Å². The third kappa shape index (κ3) is 3.40. The number of carbonyl (C=O) groups is 1. The molecule has 2 aromatic carbocycles. The van der Waals surface area contributed by atoms with Crippen LogP contribution in [0.1, 0.15) is 23.6 Å². The lowest BCUT2D eigenvalue weighted by molar-refractivity contribution is -0.133. The molecule has 0 saturated heterocycles.